The van der Waals surface area contributed by atoms with E-state index in [2.05, 4.69) is 29.7 Å². The van der Waals surface area contributed by atoms with Crippen LogP contribution in [0.3, 0.4) is 0 Å². The smallest absolute Gasteiger partial charge is 0.277 e. The first-order valence-corrected chi connectivity index (χ1v) is 9.36. The Morgan fingerprint density at radius 3 is 2.48 bits per heavy atom. The van der Waals surface area contributed by atoms with Crippen LogP contribution in [0.25, 0.3) is 0 Å². The Morgan fingerprint density at radius 1 is 1.03 bits per heavy atom. The Bertz CT molecular complexity index is 878. The van der Waals surface area contributed by atoms with Crippen molar-refractivity contribution in [3.8, 4) is 11.5 Å². The predicted octanol–water partition coefficient (Wildman–Crippen LogP) is 3.72. The van der Waals surface area contributed by atoms with Gasteiger partial charge in [0, 0.05) is 17.5 Å². The fourth-order valence-electron chi connectivity index (χ4n) is 2.61. The van der Waals surface area contributed by atoms with Gasteiger partial charge in [0.2, 0.25) is 5.91 Å². The molecule has 2 rings (SSSR count). The van der Waals surface area contributed by atoms with Crippen molar-refractivity contribution in [3.05, 3.63) is 54.1 Å². The molecule has 2 N–H and O–H groups in total. The van der Waals surface area contributed by atoms with Crippen LogP contribution >= 0.6 is 0 Å². The van der Waals surface area contributed by atoms with Crippen molar-refractivity contribution in [1.29, 1.82) is 0 Å². The molecule has 7 nitrogen and oxygen atoms in total. The molecule has 0 radical (unpaired) electrons. The van der Waals surface area contributed by atoms with Gasteiger partial charge in [-0.05, 0) is 36.6 Å². The molecule has 0 bridgehead atoms. The zero-order valence-electron chi connectivity index (χ0n) is 17.2. The van der Waals surface area contributed by atoms with E-state index in [4.69, 9.17) is 9.47 Å². The number of nitrogens with one attached hydrogen (secondary N) is 2. The van der Waals surface area contributed by atoms with Crippen molar-refractivity contribution >= 4 is 23.2 Å². The fourth-order valence-corrected chi connectivity index (χ4v) is 2.61. The topological polar surface area (TPSA) is 89.0 Å². The van der Waals surface area contributed by atoms with E-state index in [1.165, 1.54) is 0 Å². The Kier molecular flexibility index (Phi) is 8.21. The molecule has 0 saturated carbocycles. The molecule has 0 aliphatic carbocycles. The zero-order chi connectivity index (χ0) is 21.2. The lowest BCUT2D eigenvalue weighted by Gasteiger charge is -2.13. The number of hydrogen-bond donors (Lipinski definition) is 2. The molecule has 0 fully saturated rings. The van der Waals surface area contributed by atoms with Gasteiger partial charge in [0.15, 0.2) is 6.61 Å². The summed E-state index contributed by atoms with van der Waals surface area (Å²) in [4.78, 5) is 24.2. The number of amides is 2. The summed E-state index contributed by atoms with van der Waals surface area (Å²) in [5, 5.41) is 6.86. The Hall–Kier alpha value is -3.35. The third kappa shape index (κ3) is 7.29. The zero-order valence-corrected chi connectivity index (χ0v) is 17.2. The second kappa shape index (κ2) is 10.8. The number of methoxy groups -OCH3 is 1. The molecule has 0 spiro atoms. The number of carbonyl (C=O) groups is 2. The van der Waals surface area contributed by atoms with Crippen molar-refractivity contribution in [2.75, 3.05) is 19.0 Å². The number of anilines is 1. The molecule has 0 aromatic heterocycles. The van der Waals surface area contributed by atoms with Crippen LogP contribution in [0.4, 0.5) is 5.69 Å². The standard InChI is InChI=1S/C22H27N3O4/c1-15(2)19-10-5-6-11-20(19)23-21(26)12-16(3)24-25-22(27)14-29-18-9-7-8-17(13-18)28-4/h5-11,13,15H,12,14H2,1-4H3,(H,23,26)(H,25,27)/b24-16-. The first-order chi connectivity index (χ1) is 13.9. The average Bonchev–Trinajstić information content (AvgIpc) is 2.71. The van der Waals surface area contributed by atoms with Gasteiger partial charge in [-0.15, -0.1) is 0 Å². The molecule has 0 heterocycles. The van der Waals surface area contributed by atoms with Crippen LogP contribution in [0.2, 0.25) is 0 Å². The molecule has 29 heavy (non-hydrogen) atoms. The van der Waals surface area contributed by atoms with Crippen molar-refractivity contribution in [2.24, 2.45) is 5.10 Å². The van der Waals surface area contributed by atoms with Gasteiger partial charge >= 0.3 is 0 Å². The quantitative estimate of drug-likeness (QED) is 0.499. The number of hydrazone groups is 1. The summed E-state index contributed by atoms with van der Waals surface area (Å²) in [6.45, 7) is 5.62. The number of carbonyl (C=O) groups excluding carboxylic acids is 2. The van der Waals surface area contributed by atoms with E-state index >= 15 is 0 Å². The molecule has 2 amide bonds. The van der Waals surface area contributed by atoms with Crippen LogP contribution in [-0.4, -0.2) is 31.2 Å². The summed E-state index contributed by atoms with van der Waals surface area (Å²) in [5.41, 5.74) is 4.73. The van der Waals surface area contributed by atoms with Crippen molar-refractivity contribution in [1.82, 2.24) is 5.43 Å². The lowest BCUT2D eigenvalue weighted by atomic mass is 10.0. The maximum atomic E-state index is 12.3. The molecule has 0 aliphatic rings. The molecule has 0 atom stereocenters. The number of nitrogens with zero attached hydrogens (tertiary/aromatic N) is 1. The van der Waals surface area contributed by atoms with Crippen molar-refractivity contribution in [2.45, 2.75) is 33.1 Å². The monoisotopic (exact) mass is 397 g/mol. The van der Waals surface area contributed by atoms with Crippen LogP contribution in [0.5, 0.6) is 11.5 Å². The minimum Gasteiger partial charge on any atom is -0.497 e. The normalized spacial score (nSPS) is 11.1. The van der Waals surface area contributed by atoms with Gasteiger partial charge in [-0.2, -0.15) is 5.10 Å². The summed E-state index contributed by atoms with van der Waals surface area (Å²) in [7, 11) is 1.56. The third-order valence-corrected chi connectivity index (χ3v) is 4.06. The molecule has 2 aromatic rings. The summed E-state index contributed by atoms with van der Waals surface area (Å²) >= 11 is 0. The van der Waals surface area contributed by atoms with Crippen molar-refractivity contribution < 1.29 is 19.1 Å². The van der Waals surface area contributed by atoms with Crippen LogP contribution < -0.4 is 20.2 Å². The van der Waals surface area contributed by atoms with Gasteiger partial charge < -0.3 is 14.8 Å². The molecular formula is C22H27N3O4. The Labute approximate surface area is 171 Å². The highest BCUT2D eigenvalue weighted by Crippen LogP contribution is 2.23. The predicted molar refractivity (Wildman–Crippen MR) is 114 cm³/mol. The number of para-hydroxylation sites is 1. The highest BCUT2D eigenvalue weighted by atomic mass is 16.5. The Balaban J connectivity index is 1.81. The highest BCUT2D eigenvalue weighted by molar-refractivity contribution is 6.06. The molecule has 154 valence electrons. The maximum Gasteiger partial charge on any atom is 0.277 e. The minimum atomic E-state index is -0.419. The number of rotatable bonds is 9. The van der Waals surface area contributed by atoms with E-state index in [0.717, 1.165) is 11.3 Å². The second-order valence-electron chi connectivity index (χ2n) is 6.82. The first kappa shape index (κ1) is 21.9. The van der Waals surface area contributed by atoms with Crippen LogP contribution in [0.15, 0.2) is 53.6 Å². The van der Waals surface area contributed by atoms with E-state index < -0.39 is 5.91 Å². The average molecular weight is 397 g/mol. The summed E-state index contributed by atoms with van der Waals surface area (Å²) in [6, 6.07) is 14.6. The second-order valence-corrected chi connectivity index (χ2v) is 6.82. The van der Waals surface area contributed by atoms with Crippen LogP contribution in [0.1, 0.15) is 38.7 Å². The fraction of sp³-hybridized carbons (Fsp3) is 0.318. The van der Waals surface area contributed by atoms with E-state index in [1.807, 2.05) is 24.3 Å². The third-order valence-electron chi connectivity index (χ3n) is 4.06. The van der Waals surface area contributed by atoms with Gasteiger partial charge in [0.25, 0.3) is 5.91 Å². The van der Waals surface area contributed by atoms with Gasteiger partial charge in [-0.1, -0.05) is 38.1 Å². The van der Waals surface area contributed by atoms with E-state index in [1.54, 1.807) is 38.3 Å². The molecule has 0 unspecified atom stereocenters. The molecule has 2 aromatic carbocycles. The van der Waals surface area contributed by atoms with Crippen molar-refractivity contribution in [3.63, 3.8) is 0 Å². The van der Waals surface area contributed by atoms with Gasteiger partial charge in [-0.3, -0.25) is 9.59 Å². The summed E-state index contributed by atoms with van der Waals surface area (Å²) < 4.78 is 10.5. The number of ether oxygens (including phenoxy) is 2. The number of hydrogen-bond acceptors (Lipinski definition) is 5. The van der Waals surface area contributed by atoms with Crippen LogP contribution in [0, 0.1) is 0 Å². The van der Waals surface area contributed by atoms with Crippen LogP contribution in [-0.2, 0) is 9.59 Å². The van der Waals surface area contributed by atoms with E-state index in [0.29, 0.717) is 23.1 Å². The van der Waals surface area contributed by atoms with E-state index in [9.17, 15) is 9.59 Å². The van der Waals surface area contributed by atoms with Gasteiger partial charge in [0.1, 0.15) is 11.5 Å². The lowest BCUT2D eigenvalue weighted by molar-refractivity contribution is -0.123. The maximum absolute atomic E-state index is 12.3. The summed E-state index contributed by atoms with van der Waals surface area (Å²) in [6.07, 6.45) is 0.0729. The Morgan fingerprint density at radius 2 is 1.76 bits per heavy atom. The first-order valence-electron chi connectivity index (χ1n) is 9.36. The molecule has 0 saturated heterocycles. The van der Waals surface area contributed by atoms with Gasteiger partial charge in [-0.25, -0.2) is 5.43 Å². The van der Waals surface area contributed by atoms with Gasteiger partial charge in [0.05, 0.1) is 13.5 Å². The van der Waals surface area contributed by atoms with E-state index in [-0.39, 0.29) is 18.9 Å². The number of benzene rings is 2. The SMILES string of the molecule is COc1cccc(OCC(=O)N/N=C(/C)CC(=O)Nc2ccccc2C(C)C)c1. The highest BCUT2D eigenvalue weighted by Gasteiger charge is 2.10. The minimum absolute atomic E-state index is 0.0729. The largest absolute Gasteiger partial charge is 0.497 e. The lowest BCUT2D eigenvalue weighted by Crippen LogP contribution is -2.26. The summed E-state index contributed by atoms with van der Waals surface area (Å²) in [5.74, 6) is 0.842. The molecule has 7 heteroatoms. The molecule has 0 aliphatic heterocycles. The molecular weight excluding hydrogens is 370 g/mol.